The molecule has 0 spiro atoms. The molecule has 0 aliphatic heterocycles. The molecule has 3 aromatic heterocycles. The quantitative estimate of drug-likeness (QED) is 0.168. The van der Waals surface area contributed by atoms with Crippen molar-refractivity contribution in [1.82, 2.24) is 13.7 Å². The predicted molar refractivity (Wildman–Crippen MR) is 240 cm³/mol. The Balaban J connectivity index is 1.13. The molecule has 0 atom stereocenters. The van der Waals surface area contributed by atoms with E-state index in [1.165, 1.54) is 87.7 Å². The number of hydrogen-bond donors (Lipinski definition) is 0. The molecule has 0 amide bonds. The Bertz CT molecular complexity index is 3470. The van der Waals surface area contributed by atoms with Crippen LogP contribution in [0.3, 0.4) is 0 Å². The number of benzene rings is 9. The third-order valence-electron chi connectivity index (χ3n) is 11.9. The number of aromatic nitrogens is 3. The Morgan fingerprint density at radius 1 is 0.211 bits per heavy atom. The number of fused-ring (bicyclic) bond motifs is 9. The summed E-state index contributed by atoms with van der Waals surface area (Å²) in [5, 5.41) is 7.52. The molecule has 0 bridgehead atoms. The Labute approximate surface area is 329 Å². The third kappa shape index (κ3) is 4.60. The van der Waals surface area contributed by atoms with E-state index in [1.54, 1.807) is 0 Å². The van der Waals surface area contributed by atoms with Crippen LogP contribution in [0.5, 0.6) is 0 Å². The van der Waals surface area contributed by atoms with Gasteiger partial charge in [0.05, 0.1) is 44.5 Å². The summed E-state index contributed by atoms with van der Waals surface area (Å²) in [5.41, 5.74) is 15.5. The maximum absolute atomic E-state index is 2.49. The lowest BCUT2D eigenvalue weighted by molar-refractivity contribution is 1.16. The van der Waals surface area contributed by atoms with Crippen molar-refractivity contribution >= 4 is 65.4 Å². The minimum Gasteiger partial charge on any atom is -0.309 e. The van der Waals surface area contributed by atoms with Crippen LogP contribution < -0.4 is 0 Å². The van der Waals surface area contributed by atoms with Gasteiger partial charge in [0.2, 0.25) is 0 Å². The van der Waals surface area contributed by atoms with Crippen molar-refractivity contribution in [2.75, 3.05) is 0 Å². The lowest BCUT2D eigenvalue weighted by Gasteiger charge is -2.18. The molecule has 0 aliphatic carbocycles. The average molecular weight is 726 g/mol. The van der Waals surface area contributed by atoms with Crippen LogP contribution >= 0.6 is 0 Å². The summed E-state index contributed by atoms with van der Waals surface area (Å²) in [7, 11) is 0. The Morgan fingerprint density at radius 3 is 1.07 bits per heavy atom. The second-order valence-electron chi connectivity index (χ2n) is 14.8. The zero-order valence-corrected chi connectivity index (χ0v) is 31.0. The molecule has 57 heavy (non-hydrogen) atoms. The number of nitrogens with zero attached hydrogens (tertiary/aromatic N) is 3. The summed E-state index contributed by atoms with van der Waals surface area (Å²) in [5.74, 6) is 0. The molecule has 0 unspecified atom stereocenters. The zero-order valence-electron chi connectivity index (χ0n) is 31.0. The van der Waals surface area contributed by atoms with Gasteiger partial charge < -0.3 is 13.7 Å². The first-order valence-electron chi connectivity index (χ1n) is 19.6. The average Bonchev–Trinajstić information content (AvgIpc) is 3.93. The maximum atomic E-state index is 2.49. The molecular weight excluding hydrogens is 691 g/mol. The maximum Gasteiger partial charge on any atom is 0.0547 e. The highest BCUT2D eigenvalue weighted by Gasteiger charge is 2.23. The molecule has 266 valence electrons. The van der Waals surface area contributed by atoms with Crippen LogP contribution in [0.4, 0.5) is 0 Å². The third-order valence-corrected chi connectivity index (χ3v) is 11.9. The highest BCUT2D eigenvalue weighted by atomic mass is 15.0. The molecule has 0 N–H and O–H groups in total. The fraction of sp³-hybridized carbons (Fsp3) is 0. The fourth-order valence-corrected chi connectivity index (χ4v) is 9.58. The van der Waals surface area contributed by atoms with Crippen LogP contribution in [0.1, 0.15) is 0 Å². The minimum atomic E-state index is 1.15. The standard InChI is InChI=1S/C54H35N3/c1-2-18-36(19-3-1)55-49-32-14-8-24-43(49)53-41(26-16-34-51(53)55)42-27-17-35-52-54(42)44-25-9-15-33-50(44)57(52)48-31-13-7-23-40(48)39-22-6-12-30-47(39)56-45-28-10-4-20-37(45)38-21-5-11-29-46(38)56/h1-35H. The van der Waals surface area contributed by atoms with Gasteiger partial charge in [-0.2, -0.15) is 0 Å². The van der Waals surface area contributed by atoms with Crippen molar-refractivity contribution in [1.29, 1.82) is 0 Å². The van der Waals surface area contributed by atoms with Crippen LogP contribution in [0.15, 0.2) is 212 Å². The number of para-hydroxylation sites is 7. The van der Waals surface area contributed by atoms with Gasteiger partial charge in [-0.3, -0.25) is 0 Å². The van der Waals surface area contributed by atoms with E-state index in [4.69, 9.17) is 0 Å². The largest absolute Gasteiger partial charge is 0.309 e. The van der Waals surface area contributed by atoms with Crippen LogP contribution in [-0.4, -0.2) is 13.7 Å². The minimum absolute atomic E-state index is 1.15. The lowest BCUT2D eigenvalue weighted by Crippen LogP contribution is -2.01. The van der Waals surface area contributed by atoms with E-state index in [1.807, 2.05) is 0 Å². The fourth-order valence-electron chi connectivity index (χ4n) is 9.58. The predicted octanol–water partition coefficient (Wildman–Crippen LogP) is 14.3. The van der Waals surface area contributed by atoms with Crippen LogP contribution in [0, 0.1) is 0 Å². The van der Waals surface area contributed by atoms with Gasteiger partial charge in [0.1, 0.15) is 0 Å². The van der Waals surface area contributed by atoms with E-state index in [2.05, 4.69) is 226 Å². The van der Waals surface area contributed by atoms with Gasteiger partial charge >= 0.3 is 0 Å². The summed E-state index contributed by atoms with van der Waals surface area (Å²) in [6, 6.07) is 77.4. The van der Waals surface area contributed by atoms with Crippen molar-refractivity contribution in [2.24, 2.45) is 0 Å². The monoisotopic (exact) mass is 725 g/mol. The molecule has 0 radical (unpaired) electrons. The van der Waals surface area contributed by atoms with E-state index in [0.29, 0.717) is 0 Å². The number of rotatable bonds is 5. The van der Waals surface area contributed by atoms with Gasteiger partial charge in [0.25, 0.3) is 0 Å². The Hall–Kier alpha value is -7.62. The SMILES string of the molecule is c1ccc(-n2c3ccccc3c3c(-c4cccc5c4c4ccccc4n5-c4ccccc4-c4ccccc4-n4c5ccccc5c5ccccc54)cccc32)cc1. The molecular formula is C54H35N3. The molecule has 0 saturated carbocycles. The van der Waals surface area contributed by atoms with Gasteiger partial charge in [-0.15, -0.1) is 0 Å². The molecule has 3 heteroatoms. The van der Waals surface area contributed by atoms with Gasteiger partial charge in [-0.25, -0.2) is 0 Å². The Kier molecular flexibility index (Phi) is 6.93. The van der Waals surface area contributed by atoms with Gasteiger partial charge in [0.15, 0.2) is 0 Å². The zero-order chi connectivity index (χ0) is 37.5. The first-order chi connectivity index (χ1) is 28.3. The highest BCUT2D eigenvalue weighted by Crippen LogP contribution is 2.45. The lowest BCUT2D eigenvalue weighted by atomic mass is 9.95. The summed E-state index contributed by atoms with van der Waals surface area (Å²) < 4.78 is 7.33. The second kappa shape index (κ2) is 12.5. The molecule has 3 heterocycles. The number of hydrogen-bond acceptors (Lipinski definition) is 0. The summed E-state index contributed by atoms with van der Waals surface area (Å²) in [6.07, 6.45) is 0. The summed E-state index contributed by atoms with van der Waals surface area (Å²) in [4.78, 5) is 0. The topological polar surface area (TPSA) is 14.8 Å². The molecule has 12 aromatic rings. The first kappa shape index (κ1) is 31.7. The van der Waals surface area contributed by atoms with Gasteiger partial charge in [0, 0.05) is 49.1 Å². The molecule has 0 saturated heterocycles. The van der Waals surface area contributed by atoms with E-state index < -0.39 is 0 Å². The van der Waals surface area contributed by atoms with Crippen molar-refractivity contribution in [3.8, 4) is 39.3 Å². The molecule has 0 fully saturated rings. The van der Waals surface area contributed by atoms with Crippen molar-refractivity contribution in [3.05, 3.63) is 212 Å². The Morgan fingerprint density at radius 2 is 0.544 bits per heavy atom. The van der Waals surface area contributed by atoms with E-state index in [0.717, 1.165) is 17.1 Å². The van der Waals surface area contributed by atoms with Gasteiger partial charge in [-0.1, -0.05) is 152 Å². The smallest absolute Gasteiger partial charge is 0.0547 e. The summed E-state index contributed by atoms with van der Waals surface area (Å²) in [6.45, 7) is 0. The second-order valence-corrected chi connectivity index (χ2v) is 14.8. The molecule has 9 aromatic carbocycles. The molecule has 12 rings (SSSR count). The highest BCUT2D eigenvalue weighted by molar-refractivity contribution is 6.22. The van der Waals surface area contributed by atoms with Crippen LogP contribution in [-0.2, 0) is 0 Å². The first-order valence-corrected chi connectivity index (χ1v) is 19.6. The van der Waals surface area contributed by atoms with Crippen LogP contribution in [0.2, 0.25) is 0 Å². The van der Waals surface area contributed by atoms with Crippen molar-refractivity contribution < 1.29 is 0 Å². The molecule has 0 aliphatic rings. The van der Waals surface area contributed by atoms with Crippen LogP contribution in [0.25, 0.3) is 105 Å². The van der Waals surface area contributed by atoms with Gasteiger partial charge in [-0.05, 0) is 71.8 Å². The molecule has 3 nitrogen and oxygen atoms in total. The van der Waals surface area contributed by atoms with E-state index in [-0.39, 0.29) is 0 Å². The van der Waals surface area contributed by atoms with E-state index >= 15 is 0 Å². The van der Waals surface area contributed by atoms with Crippen molar-refractivity contribution in [3.63, 3.8) is 0 Å². The normalized spacial score (nSPS) is 11.9. The van der Waals surface area contributed by atoms with E-state index in [9.17, 15) is 0 Å². The van der Waals surface area contributed by atoms with Crippen molar-refractivity contribution in [2.45, 2.75) is 0 Å². The summed E-state index contributed by atoms with van der Waals surface area (Å²) >= 11 is 0.